The predicted molar refractivity (Wildman–Crippen MR) is 152 cm³/mol. The van der Waals surface area contributed by atoms with Crippen LogP contribution in [0.5, 0.6) is 11.5 Å². The van der Waals surface area contributed by atoms with Gasteiger partial charge in [0.25, 0.3) is 0 Å². The number of nitrogens with zero attached hydrogens (tertiary/aromatic N) is 1. The Morgan fingerprint density at radius 2 is 1.77 bits per heavy atom. The monoisotopic (exact) mass is 542 g/mol. The van der Waals surface area contributed by atoms with Gasteiger partial charge >= 0.3 is 11.9 Å². The molecule has 2 heterocycles. The molecule has 0 radical (unpaired) electrons. The van der Waals surface area contributed by atoms with E-state index in [-0.39, 0.29) is 17.7 Å². The first-order valence-corrected chi connectivity index (χ1v) is 13.5. The summed E-state index contributed by atoms with van der Waals surface area (Å²) in [5.74, 6) is -0.360. The van der Waals surface area contributed by atoms with Crippen LogP contribution in [0.15, 0.2) is 66.9 Å². The van der Waals surface area contributed by atoms with E-state index in [1.807, 2.05) is 25.3 Å². The molecule has 0 aliphatic carbocycles. The number of nitrogens with one attached hydrogen (secondary N) is 1. The van der Waals surface area contributed by atoms with E-state index in [9.17, 15) is 9.59 Å². The maximum absolute atomic E-state index is 12.8. The number of hydrogen-bond donors (Lipinski definition) is 2. The molecule has 1 aliphatic heterocycles. The lowest BCUT2D eigenvalue weighted by Gasteiger charge is -2.40. The molecule has 0 spiro atoms. The number of aryl methyl sites for hydroxylation is 1. The number of carbonyl (C=O) groups is 2. The van der Waals surface area contributed by atoms with Crippen LogP contribution in [-0.2, 0) is 11.3 Å². The number of H-pyrrole nitrogens is 1. The molecule has 2 atom stereocenters. The number of aromatic nitrogens is 1. The van der Waals surface area contributed by atoms with Crippen molar-refractivity contribution in [3.05, 3.63) is 94.7 Å². The van der Waals surface area contributed by atoms with Gasteiger partial charge in [-0.15, -0.1) is 0 Å². The molecule has 8 nitrogen and oxygen atoms in total. The summed E-state index contributed by atoms with van der Waals surface area (Å²) < 4.78 is 17.3. The summed E-state index contributed by atoms with van der Waals surface area (Å²) in [6.07, 6.45) is 3.92. The Bertz CT molecular complexity index is 1490. The average molecular weight is 543 g/mol. The highest BCUT2D eigenvalue weighted by Crippen LogP contribution is 2.38. The number of likely N-dealkylation sites (tertiary alicyclic amines) is 1. The molecule has 1 aliphatic rings. The number of carbonyl (C=O) groups excluding carboxylic acids is 1. The van der Waals surface area contributed by atoms with Crippen LogP contribution in [0.4, 0.5) is 0 Å². The predicted octanol–water partition coefficient (Wildman–Crippen LogP) is 6.14. The molecule has 1 unspecified atom stereocenters. The quantitative estimate of drug-likeness (QED) is 0.193. The van der Waals surface area contributed by atoms with E-state index < -0.39 is 11.9 Å². The molecule has 1 fully saturated rings. The Kier molecular flexibility index (Phi) is 8.19. The molecular formula is C32H34N2O6. The van der Waals surface area contributed by atoms with Gasteiger partial charge < -0.3 is 24.3 Å². The van der Waals surface area contributed by atoms with Crippen molar-refractivity contribution >= 4 is 22.8 Å². The second kappa shape index (κ2) is 11.9. The van der Waals surface area contributed by atoms with Gasteiger partial charge in [0.1, 0.15) is 11.5 Å². The third-order valence-electron chi connectivity index (χ3n) is 7.60. The molecule has 40 heavy (non-hydrogen) atoms. The summed E-state index contributed by atoms with van der Waals surface area (Å²) in [7, 11) is 1.72. The van der Waals surface area contributed by atoms with E-state index in [0.717, 1.165) is 59.3 Å². The van der Waals surface area contributed by atoms with Gasteiger partial charge in [-0.3, -0.25) is 4.90 Å². The minimum atomic E-state index is -1.03. The van der Waals surface area contributed by atoms with E-state index in [1.165, 1.54) is 24.3 Å². The van der Waals surface area contributed by atoms with Gasteiger partial charge in [0.15, 0.2) is 0 Å². The van der Waals surface area contributed by atoms with Crippen molar-refractivity contribution < 1.29 is 28.9 Å². The minimum Gasteiger partial charge on any atom is -0.496 e. The van der Waals surface area contributed by atoms with Crippen molar-refractivity contribution in [2.75, 3.05) is 20.3 Å². The summed E-state index contributed by atoms with van der Waals surface area (Å²) in [5.41, 5.74) is 5.07. The molecule has 4 aromatic rings. The Morgan fingerprint density at radius 3 is 2.45 bits per heavy atom. The van der Waals surface area contributed by atoms with Crippen molar-refractivity contribution in [2.24, 2.45) is 0 Å². The number of carboxylic acid groups (broad SMARTS) is 1. The molecule has 1 aromatic heterocycles. The van der Waals surface area contributed by atoms with Crippen LogP contribution in [0.1, 0.15) is 63.2 Å². The van der Waals surface area contributed by atoms with Gasteiger partial charge in [-0.05, 0) is 86.3 Å². The largest absolute Gasteiger partial charge is 0.496 e. The van der Waals surface area contributed by atoms with Crippen molar-refractivity contribution in [3.8, 4) is 11.5 Å². The summed E-state index contributed by atoms with van der Waals surface area (Å²) in [5, 5.41) is 10.2. The maximum atomic E-state index is 12.8. The number of hydrogen-bond acceptors (Lipinski definition) is 6. The molecule has 5 rings (SSSR count). The first-order chi connectivity index (χ1) is 19.4. The van der Waals surface area contributed by atoms with Gasteiger partial charge in [-0.2, -0.15) is 0 Å². The second-order valence-electron chi connectivity index (χ2n) is 10.1. The normalized spacial score (nSPS) is 17.6. The van der Waals surface area contributed by atoms with Crippen molar-refractivity contribution in [3.63, 3.8) is 0 Å². The lowest BCUT2D eigenvalue weighted by atomic mass is 9.91. The smallest absolute Gasteiger partial charge is 0.343 e. The number of esters is 1. The zero-order valence-electron chi connectivity index (χ0n) is 23.0. The molecule has 8 heteroatoms. The number of fused-ring (bicyclic) bond motifs is 1. The Labute approximate surface area is 233 Å². The van der Waals surface area contributed by atoms with E-state index in [0.29, 0.717) is 17.9 Å². The molecule has 0 saturated carbocycles. The maximum Gasteiger partial charge on any atom is 0.343 e. The number of ether oxygens (including phenoxy) is 3. The lowest BCUT2D eigenvalue weighted by molar-refractivity contribution is -0.0138. The molecule has 0 bridgehead atoms. The van der Waals surface area contributed by atoms with Crippen LogP contribution >= 0.6 is 0 Å². The molecule has 3 aromatic carbocycles. The van der Waals surface area contributed by atoms with Crippen molar-refractivity contribution in [1.82, 2.24) is 9.88 Å². The summed E-state index contributed by atoms with van der Waals surface area (Å²) in [6, 6.07) is 17.6. The molecule has 0 amide bonds. The average Bonchev–Trinajstić information content (AvgIpc) is 3.46. The van der Waals surface area contributed by atoms with Crippen LogP contribution in [-0.4, -0.2) is 53.3 Å². The number of aromatic carboxylic acids is 1. The van der Waals surface area contributed by atoms with Crippen LogP contribution in [0.2, 0.25) is 0 Å². The zero-order valence-corrected chi connectivity index (χ0v) is 23.0. The minimum absolute atomic E-state index is 0.0962. The number of piperidine rings is 1. The van der Waals surface area contributed by atoms with E-state index in [1.54, 1.807) is 19.2 Å². The van der Waals surface area contributed by atoms with E-state index in [2.05, 4.69) is 28.9 Å². The third kappa shape index (κ3) is 5.73. The summed E-state index contributed by atoms with van der Waals surface area (Å²) in [6.45, 7) is 6.37. The number of rotatable bonds is 9. The van der Waals surface area contributed by atoms with Crippen LogP contribution in [0.3, 0.4) is 0 Å². The number of carboxylic acids is 1. The Balaban J connectivity index is 1.38. The highest BCUT2D eigenvalue weighted by atomic mass is 16.5. The second-order valence-corrected chi connectivity index (χ2v) is 10.1. The fourth-order valence-corrected chi connectivity index (χ4v) is 5.56. The number of aromatic amines is 1. The zero-order chi connectivity index (χ0) is 28.2. The lowest BCUT2D eigenvalue weighted by Crippen LogP contribution is -2.39. The molecule has 208 valence electrons. The van der Waals surface area contributed by atoms with Gasteiger partial charge in [-0.25, -0.2) is 9.59 Å². The summed E-state index contributed by atoms with van der Waals surface area (Å²) >= 11 is 0. The highest BCUT2D eigenvalue weighted by molar-refractivity contribution is 5.91. The summed E-state index contributed by atoms with van der Waals surface area (Å²) in [4.78, 5) is 29.7. The molecule has 2 N–H and O–H groups in total. The number of methoxy groups -OCH3 is 1. The topological polar surface area (TPSA) is 101 Å². The fourth-order valence-electron chi connectivity index (χ4n) is 5.56. The first kappa shape index (κ1) is 27.4. The van der Waals surface area contributed by atoms with Gasteiger partial charge in [0.05, 0.1) is 24.3 Å². The standard InChI is InChI=1S/C32H34N2O6/c1-4-39-25-14-16-34(19-27-26-13-15-33-30(26)20(2)17-29(27)38-3)28(18-25)21-5-7-23(8-6-21)32(37)40-24-11-9-22(10-12-24)31(35)36/h5-13,15,17,25,28,33H,4,14,16,18-19H2,1-3H3,(H,35,36)/t25-,28?/m0/s1. The molecular weight excluding hydrogens is 508 g/mol. The Hall–Kier alpha value is -4.14. The van der Waals surface area contributed by atoms with Crippen molar-refractivity contribution in [1.29, 1.82) is 0 Å². The SMILES string of the molecule is CCO[C@H]1CCN(Cc2c(OC)cc(C)c3[nH]ccc23)C(c2ccc(C(=O)Oc3ccc(C(=O)O)cc3)cc2)C1. The third-order valence-corrected chi connectivity index (χ3v) is 7.60. The van der Waals surface area contributed by atoms with Crippen LogP contribution < -0.4 is 9.47 Å². The van der Waals surface area contributed by atoms with Gasteiger partial charge in [0.2, 0.25) is 0 Å². The van der Waals surface area contributed by atoms with Gasteiger partial charge in [0, 0.05) is 48.4 Å². The van der Waals surface area contributed by atoms with Crippen LogP contribution in [0.25, 0.3) is 10.9 Å². The number of benzene rings is 3. The van der Waals surface area contributed by atoms with E-state index in [4.69, 9.17) is 19.3 Å². The Morgan fingerprint density at radius 1 is 1.05 bits per heavy atom. The highest BCUT2D eigenvalue weighted by Gasteiger charge is 2.31. The van der Waals surface area contributed by atoms with Crippen LogP contribution in [0, 0.1) is 6.92 Å². The van der Waals surface area contributed by atoms with E-state index >= 15 is 0 Å². The van der Waals surface area contributed by atoms with Gasteiger partial charge in [-0.1, -0.05) is 12.1 Å². The fraction of sp³-hybridized carbons (Fsp3) is 0.312. The molecule has 1 saturated heterocycles. The first-order valence-electron chi connectivity index (χ1n) is 13.5. The van der Waals surface area contributed by atoms with Crippen molar-refractivity contribution in [2.45, 2.75) is 45.4 Å².